The molecular formula is C16H25NO2. The molecule has 0 bridgehead atoms. The quantitative estimate of drug-likeness (QED) is 0.797. The number of hydrogen-bond acceptors (Lipinski definition) is 3. The molecule has 0 saturated carbocycles. The number of anilines is 1. The highest BCUT2D eigenvalue weighted by Crippen LogP contribution is 2.21. The normalized spacial score (nSPS) is 27.2. The van der Waals surface area contributed by atoms with Gasteiger partial charge in [-0.15, -0.1) is 0 Å². The van der Waals surface area contributed by atoms with Gasteiger partial charge in [-0.3, -0.25) is 0 Å². The van der Waals surface area contributed by atoms with E-state index in [-0.39, 0.29) is 0 Å². The van der Waals surface area contributed by atoms with Crippen LogP contribution in [0.3, 0.4) is 0 Å². The number of hydrogen-bond donors (Lipinski definition) is 1. The molecule has 1 aromatic rings. The minimum absolute atomic E-state index is 0.330. The third-order valence-electron chi connectivity index (χ3n) is 3.43. The molecule has 2 atom stereocenters. The van der Waals surface area contributed by atoms with Crippen LogP contribution in [-0.4, -0.2) is 31.5 Å². The van der Waals surface area contributed by atoms with Gasteiger partial charge in [0.05, 0.1) is 18.3 Å². The van der Waals surface area contributed by atoms with Crippen LogP contribution in [0.15, 0.2) is 30.3 Å². The monoisotopic (exact) mass is 263 g/mol. The summed E-state index contributed by atoms with van der Waals surface area (Å²) in [4.78, 5) is 0. The van der Waals surface area contributed by atoms with Gasteiger partial charge in [0.15, 0.2) is 0 Å². The zero-order valence-electron chi connectivity index (χ0n) is 12.0. The maximum Gasteiger partial charge on any atom is 0.0624 e. The summed E-state index contributed by atoms with van der Waals surface area (Å²) in [6.07, 6.45) is 4.12. The molecule has 2 unspecified atom stereocenters. The first-order valence-corrected chi connectivity index (χ1v) is 7.30. The van der Waals surface area contributed by atoms with Gasteiger partial charge in [-0.25, -0.2) is 0 Å². The molecule has 0 amide bonds. The molecule has 2 rings (SSSR count). The molecule has 0 aliphatic carbocycles. The molecule has 19 heavy (non-hydrogen) atoms. The molecule has 1 fully saturated rings. The lowest BCUT2D eigenvalue weighted by molar-refractivity contribution is -0.101. The average Bonchev–Trinajstić information content (AvgIpc) is 2.38. The predicted molar refractivity (Wildman–Crippen MR) is 78.5 cm³/mol. The molecule has 0 radical (unpaired) electrons. The summed E-state index contributed by atoms with van der Waals surface area (Å²) < 4.78 is 11.7. The van der Waals surface area contributed by atoms with Crippen molar-refractivity contribution >= 4 is 5.69 Å². The summed E-state index contributed by atoms with van der Waals surface area (Å²) in [6.45, 7) is 6.04. The Kier molecular flexibility index (Phi) is 5.67. The first kappa shape index (κ1) is 14.4. The molecule has 1 aliphatic rings. The molecule has 3 nitrogen and oxygen atoms in total. The van der Waals surface area contributed by atoms with Gasteiger partial charge < -0.3 is 14.8 Å². The fourth-order valence-corrected chi connectivity index (χ4v) is 2.59. The van der Waals surface area contributed by atoms with Gasteiger partial charge in [0.25, 0.3) is 0 Å². The lowest BCUT2D eigenvalue weighted by Gasteiger charge is -2.32. The topological polar surface area (TPSA) is 30.5 Å². The number of nitrogens with one attached hydrogen (secondary N) is 1. The zero-order chi connectivity index (χ0) is 13.5. The average molecular weight is 263 g/mol. The van der Waals surface area contributed by atoms with Crippen LogP contribution in [0.25, 0.3) is 0 Å². The van der Waals surface area contributed by atoms with Crippen molar-refractivity contribution in [1.82, 2.24) is 0 Å². The second kappa shape index (κ2) is 7.51. The van der Waals surface area contributed by atoms with Crippen molar-refractivity contribution in [1.29, 1.82) is 0 Å². The maximum absolute atomic E-state index is 5.94. The van der Waals surface area contributed by atoms with Crippen molar-refractivity contribution in [2.75, 3.05) is 18.5 Å². The third kappa shape index (κ3) is 5.21. The Balaban J connectivity index is 1.57. The largest absolute Gasteiger partial charge is 0.385 e. The first-order chi connectivity index (χ1) is 9.24. The molecular weight excluding hydrogens is 238 g/mol. The molecule has 1 heterocycles. The second-order valence-corrected chi connectivity index (χ2v) is 5.37. The fourth-order valence-electron chi connectivity index (χ4n) is 2.59. The highest BCUT2D eigenvalue weighted by atomic mass is 16.5. The van der Waals surface area contributed by atoms with Crippen molar-refractivity contribution in [3.05, 3.63) is 30.3 Å². The molecule has 3 heteroatoms. The van der Waals surface area contributed by atoms with E-state index in [1.54, 1.807) is 0 Å². The van der Waals surface area contributed by atoms with Crippen molar-refractivity contribution in [3.8, 4) is 0 Å². The maximum atomic E-state index is 5.94. The van der Waals surface area contributed by atoms with Gasteiger partial charge in [0.2, 0.25) is 0 Å². The van der Waals surface area contributed by atoms with E-state index >= 15 is 0 Å². The van der Waals surface area contributed by atoms with Gasteiger partial charge in [0, 0.05) is 18.8 Å². The van der Waals surface area contributed by atoms with E-state index in [0.29, 0.717) is 18.3 Å². The predicted octanol–water partition coefficient (Wildman–Crippen LogP) is 3.46. The molecule has 1 saturated heterocycles. The fraction of sp³-hybridized carbons (Fsp3) is 0.625. The smallest absolute Gasteiger partial charge is 0.0624 e. The lowest BCUT2D eigenvalue weighted by atomic mass is 10.0. The Bertz CT molecular complexity index is 345. The summed E-state index contributed by atoms with van der Waals surface area (Å²) >= 11 is 0. The minimum Gasteiger partial charge on any atom is -0.385 e. The molecule has 0 aromatic heterocycles. The zero-order valence-corrected chi connectivity index (χ0v) is 12.0. The SMILES string of the molecule is CC1CC(OCCCNc2ccccc2)CC(C)O1. The van der Waals surface area contributed by atoms with E-state index in [9.17, 15) is 0 Å². The number of rotatable bonds is 6. The van der Waals surface area contributed by atoms with Crippen LogP contribution in [0.5, 0.6) is 0 Å². The third-order valence-corrected chi connectivity index (χ3v) is 3.43. The van der Waals surface area contributed by atoms with E-state index in [1.807, 2.05) is 18.2 Å². The Morgan fingerprint density at radius 3 is 2.53 bits per heavy atom. The number of benzene rings is 1. The Labute approximate surface area is 116 Å². The van der Waals surface area contributed by atoms with Crippen LogP contribution < -0.4 is 5.32 Å². The second-order valence-electron chi connectivity index (χ2n) is 5.37. The standard InChI is InChI=1S/C16H25NO2/c1-13-11-16(12-14(2)19-13)18-10-6-9-17-15-7-4-3-5-8-15/h3-5,7-8,13-14,16-17H,6,9-12H2,1-2H3. The van der Waals surface area contributed by atoms with Crippen molar-refractivity contribution in [2.45, 2.75) is 51.4 Å². The summed E-state index contributed by atoms with van der Waals surface area (Å²) in [6, 6.07) is 10.3. The van der Waals surface area contributed by atoms with Gasteiger partial charge in [-0.1, -0.05) is 18.2 Å². The van der Waals surface area contributed by atoms with E-state index in [4.69, 9.17) is 9.47 Å². The van der Waals surface area contributed by atoms with Crippen molar-refractivity contribution in [2.24, 2.45) is 0 Å². The summed E-state index contributed by atoms with van der Waals surface area (Å²) in [5, 5.41) is 3.40. The van der Waals surface area contributed by atoms with Gasteiger partial charge >= 0.3 is 0 Å². The van der Waals surface area contributed by atoms with Crippen molar-refractivity contribution < 1.29 is 9.47 Å². The van der Waals surface area contributed by atoms with E-state index < -0.39 is 0 Å². The Hall–Kier alpha value is -1.06. The van der Waals surface area contributed by atoms with Crippen LogP contribution in [-0.2, 0) is 9.47 Å². The Morgan fingerprint density at radius 1 is 1.16 bits per heavy atom. The summed E-state index contributed by atoms with van der Waals surface area (Å²) in [5.41, 5.74) is 1.18. The van der Waals surface area contributed by atoms with Crippen LogP contribution in [0, 0.1) is 0 Å². The number of ether oxygens (including phenoxy) is 2. The summed E-state index contributed by atoms with van der Waals surface area (Å²) in [7, 11) is 0. The number of para-hydroxylation sites is 1. The molecule has 0 spiro atoms. The molecule has 106 valence electrons. The van der Waals surface area contributed by atoms with Crippen LogP contribution in [0.2, 0.25) is 0 Å². The van der Waals surface area contributed by atoms with Crippen molar-refractivity contribution in [3.63, 3.8) is 0 Å². The highest BCUT2D eigenvalue weighted by Gasteiger charge is 2.24. The lowest BCUT2D eigenvalue weighted by Crippen LogP contribution is -2.34. The van der Waals surface area contributed by atoms with Crippen LogP contribution >= 0.6 is 0 Å². The van der Waals surface area contributed by atoms with E-state index in [2.05, 4.69) is 31.3 Å². The van der Waals surface area contributed by atoms with Gasteiger partial charge in [0.1, 0.15) is 0 Å². The molecule has 1 aliphatic heterocycles. The van der Waals surface area contributed by atoms with Gasteiger partial charge in [-0.05, 0) is 45.2 Å². The Morgan fingerprint density at radius 2 is 1.84 bits per heavy atom. The van der Waals surface area contributed by atoms with Crippen LogP contribution in [0.1, 0.15) is 33.1 Å². The molecule has 1 N–H and O–H groups in total. The highest BCUT2D eigenvalue weighted by molar-refractivity contribution is 5.42. The summed E-state index contributed by atoms with van der Waals surface area (Å²) in [5.74, 6) is 0. The minimum atomic E-state index is 0.330. The molecule has 1 aromatic carbocycles. The van der Waals surface area contributed by atoms with Gasteiger partial charge in [-0.2, -0.15) is 0 Å². The van der Waals surface area contributed by atoms with E-state index in [0.717, 1.165) is 32.4 Å². The van der Waals surface area contributed by atoms with E-state index in [1.165, 1.54) is 5.69 Å². The van der Waals surface area contributed by atoms with Crippen LogP contribution in [0.4, 0.5) is 5.69 Å². The first-order valence-electron chi connectivity index (χ1n) is 7.30.